The fourth-order valence-corrected chi connectivity index (χ4v) is 3.75. The van der Waals surface area contributed by atoms with Gasteiger partial charge in [0.15, 0.2) is 0 Å². The normalized spacial score (nSPS) is 14.4. The maximum Gasteiger partial charge on any atom is 0.339 e. The van der Waals surface area contributed by atoms with Crippen LogP contribution in [0, 0.1) is 11.6 Å². The highest BCUT2D eigenvalue weighted by Gasteiger charge is 2.22. The Morgan fingerprint density at radius 3 is 2.44 bits per heavy atom. The van der Waals surface area contributed by atoms with Crippen molar-refractivity contribution in [2.75, 3.05) is 31.1 Å². The molecule has 1 saturated heterocycles. The summed E-state index contributed by atoms with van der Waals surface area (Å²) in [6, 6.07) is 14.4. The summed E-state index contributed by atoms with van der Waals surface area (Å²) in [7, 11) is 0. The van der Waals surface area contributed by atoms with Crippen LogP contribution in [0.3, 0.4) is 0 Å². The van der Waals surface area contributed by atoms with Crippen LogP contribution < -0.4 is 9.64 Å². The third-order valence-corrected chi connectivity index (χ3v) is 5.44. The zero-order valence-electron chi connectivity index (χ0n) is 17.4. The van der Waals surface area contributed by atoms with E-state index in [1.54, 1.807) is 24.4 Å². The van der Waals surface area contributed by atoms with Gasteiger partial charge in [0.2, 0.25) is 0 Å². The zero-order valence-corrected chi connectivity index (χ0v) is 17.4. The van der Waals surface area contributed by atoms with Crippen LogP contribution in [0.5, 0.6) is 5.75 Å². The number of halogens is 2. The van der Waals surface area contributed by atoms with Gasteiger partial charge in [-0.05, 0) is 42.0 Å². The Morgan fingerprint density at radius 1 is 1.00 bits per heavy atom. The first-order valence-electron chi connectivity index (χ1n) is 10.3. The number of carboxylic acid groups (broad SMARTS) is 1. The predicted octanol–water partition coefficient (Wildman–Crippen LogP) is 3.96. The number of piperazine rings is 1. The lowest BCUT2D eigenvalue weighted by Gasteiger charge is -2.35. The molecule has 0 amide bonds. The van der Waals surface area contributed by atoms with E-state index < -0.39 is 17.6 Å². The SMILES string of the molecule is O=C(O)c1cccnc1N1CCN(Cc2cccc(OCc3c(F)cccc3F)c2)CC1. The van der Waals surface area contributed by atoms with Crippen molar-refractivity contribution >= 4 is 11.8 Å². The maximum absolute atomic E-state index is 13.8. The molecule has 32 heavy (non-hydrogen) atoms. The van der Waals surface area contributed by atoms with Gasteiger partial charge in [-0.1, -0.05) is 18.2 Å². The quantitative estimate of drug-likeness (QED) is 0.601. The number of benzene rings is 2. The van der Waals surface area contributed by atoms with Gasteiger partial charge in [-0.3, -0.25) is 4.90 Å². The average molecular weight is 439 g/mol. The van der Waals surface area contributed by atoms with E-state index >= 15 is 0 Å². The monoisotopic (exact) mass is 439 g/mol. The molecule has 1 fully saturated rings. The molecule has 0 aliphatic carbocycles. The lowest BCUT2D eigenvalue weighted by atomic mass is 10.1. The number of nitrogens with zero attached hydrogens (tertiary/aromatic N) is 3. The van der Waals surface area contributed by atoms with E-state index in [1.165, 1.54) is 18.2 Å². The van der Waals surface area contributed by atoms with E-state index in [9.17, 15) is 18.7 Å². The topological polar surface area (TPSA) is 65.9 Å². The first-order valence-corrected chi connectivity index (χ1v) is 10.3. The number of aromatic carboxylic acids is 1. The third kappa shape index (κ3) is 5.03. The highest BCUT2D eigenvalue weighted by atomic mass is 19.1. The molecule has 0 radical (unpaired) electrons. The Hall–Kier alpha value is -3.52. The molecule has 1 aliphatic heterocycles. The largest absolute Gasteiger partial charge is 0.489 e. The van der Waals surface area contributed by atoms with E-state index in [4.69, 9.17) is 4.74 Å². The molecule has 3 aromatic rings. The molecule has 4 rings (SSSR count). The minimum Gasteiger partial charge on any atom is -0.489 e. The van der Waals surface area contributed by atoms with Crippen LogP contribution in [0.2, 0.25) is 0 Å². The fraction of sp³-hybridized carbons (Fsp3) is 0.250. The van der Waals surface area contributed by atoms with Crippen molar-refractivity contribution in [2.24, 2.45) is 0 Å². The van der Waals surface area contributed by atoms with E-state index in [0.29, 0.717) is 31.2 Å². The van der Waals surface area contributed by atoms with Crippen LogP contribution in [0.1, 0.15) is 21.5 Å². The molecular weight excluding hydrogens is 416 g/mol. The van der Waals surface area contributed by atoms with Crippen LogP contribution in [0.4, 0.5) is 14.6 Å². The van der Waals surface area contributed by atoms with E-state index in [1.807, 2.05) is 23.1 Å². The van der Waals surface area contributed by atoms with Gasteiger partial charge in [-0.2, -0.15) is 0 Å². The van der Waals surface area contributed by atoms with Gasteiger partial charge in [0.25, 0.3) is 0 Å². The highest BCUT2D eigenvalue weighted by Crippen LogP contribution is 2.22. The Morgan fingerprint density at radius 2 is 1.72 bits per heavy atom. The number of rotatable bonds is 7. The number of hydrogen-bond acceptors (Lipinski definition) is 5. The summed E-state index contributed by atoms with van der Waals surface area (Å²) in [5, 5.41) is 9.39. The van der Waals surface area contributed by atoms with Crippen LogP contribution >= 0.6 is 0 Å². The molecule has 2 heterocycles. The molecule has 0 atom stereocenters. The molecule has 6 nitrogen and oxygen atoms in total. The second-order valence-corrected chi connectivity index (χ2v) is 7.58. The molecule has 2 aromatic carbocycles. The molecule has 0 saturated carbocycles. The molecule has 166 valence electrons. The van der Waals surface area contributed by atoms with Crippen LogP contribution in [-0.2, 0) is 13.2 Å². The molecule has 1 aliphatic rings. The standard InChI is InChI=1S/C24H23F2N3O3/c25-21-7-2-8-22(26)20(21)16-32-18-5-1-4-17(14-18)15-28-10-12-29(13-11-28)23-19(24(30)31)6-3-9-27-23/h1-9,14H,10-13,15-16H2,(H,30,31). The second-order valence-electron chi connectivity index (χ2n) is 7.58. The number of carboxylic acids is 1. The molecule has 8 heteroatoms. The van der Waals surface area contributed by atoms with Gasteiger partial charge in [0.05, 0.1) is 5.56 Å². The van der Waals surface area contributed by atoms with Crippen LogP contribution in [-0.4, -0.2) is 47.1 Å². The van der Waals surface area contributed by atoms with E-state index in [-0.39, 0.29) is 17.7 Å². The van der Waals surface area contributed by atoms with Gasteiger partial charge in [0.1, 0.15) is 35.4 Å². The van der Waals surface area contributed by atoms with Crippen molar-refractivity contribution in [2.45, 2.75) is 13.2 Å². The number of pyridine rings is 1. The van der Waals surface area contributed by atoms with Crippen molar-refractivity contribution in [3.63, 3.8) is 0 Å². The molecule has 1 aromatic heterocycles. The maximum atomic E-state index is 13.8. The summed E-state index contributed by atoms with van der Waals surface area (Å²) < 4.78 is 33.2. The first-order chi connectivity index (χ1) is 15.5. The summed E-state index contributed by atoms with van der Waals surface area (Å²) in [5.41, 5.74) is 1.13. The first kappa shape index (κ1) is 21.7. The van der Waals surface area contributed by atoms with Gasteiger partial charge >= 0.3 is 5.97 Å². The number of hydrogen-bond donors (Lipinski definition) is 1. The molecule has 0 spiro atoms. The van der Waals surface area contributed by atoms with Crippen molar-refractivity contribution in [3.8, 4) is 5.75 Å². The van der Waals surface area contributed by atoms with Crippen LogP contribution in [0.15, 0.2) is 60.8 Å². The number of carbonyl (C=O) groups is 1. The molecule has 0 bridgehead atoms. The Labute approximate surface area is 184 Å². The Balaban J connectivity index is 1.34. The number of ether oxygens (including phenoxy) is 1. The second kappa shape index (κ2) is 9.74. The lowest BCUT2D eigenvalue weighted by molar-refractivity contribution is 0.0697. The van der Waals surface area contributed by atoms with Crippen molar-refractivity contribution < 1.29 is 23.4 Å². The van der Waals surface area contributed by atoms with E-state index in [2.05, 4.69) is 9.88 Å². The van der Waals surface area contributed by atoms with Crippen LogP contribution in [0.25, 0.3) is 0 Å². The van der Waals surface area contributed by atoms with Gasteiger partial charge in [-0.25, -0.2) is 18.6 Å². The average Bonchev–Trinajstić information content (AvgIpc) is 2.79. The third-order valence-electron chi connectivity index (χ3n) is 5.44. The minimum atomic E-state index is -0.984. The van der Waals surface area contributed by atoms with Gasteiger partial charge in [-0.15, -0.1) is 0 Å². The highest BCUT2D eigenvalue weighted by molar-refractivity contribution is 5.93. The fourth-order valence-electron chi connectivity index (χ4n) is 3.75. The summed E-state index contributed by atoms with van der Waals surface area (Å²) in [6.07, 6.45) is 1.60. The number of anilines is 1. The van der Waals surface area contributed by atoms with Gasteiger partial charge < -0.3 is 14.7 Å². The Bertz CT molecular complexity index is 1080. The van der Waals surface area contributed by atoms with Crippen molar-refractivity contribution in [1.29, 1.82) is 0 Å². The lowest BCUT2D eigenvalue weighted by Crippen LogP contribution is -2.46. The summed E-state index contributed by atoms with van der Waals surface area (Å²) in [5.74, 6) is -1.20. The predicted molar refractivity (Wildman–Crippen MR) is 116 cm³/mol. The Kier molecular flexibility index (Phi) is 6.61. The smallest absolute Gasteiger partial charge is 0.339 e. The molecule has 0 unspecified atom stereocenters. The number of aromatic nitrogens is 1. The summed E-state index contributed by atoms with van der Waals surface area (Å²) in [6.45, 7) is 3.34. The molecular formula is C24H23F2N3O3. The zero-order chi connectivity index (χ0) is 22.5. The van der Waals surface area contributed by atoms with Crippen molar-refractivity contribution in [3.05, 3.63) is 89.1 Å². The summed E-state index contributed by atoms with van der Waals surface area (Å²) in [4.78, 5) is 20.0. The van der Waals surface area contributed by atoms with Crippen molar-refractivity contribution in [1.82, 2.24) is 9.88 Å². The molecule has 1 N–H and O–H groups in total. The van der Waals surface area contributed by atoms with Gasteiger partial charge in [0, 0.05) is 38.9 Å². The van der Waals surface area contributed by atoms with E-state index in [0.717, 1.165) is 18.7 Å². The minimum absolute atomic E-state index is 0.0933. The summed E-state index contributed by atoms with van der Waals surface area (Å²) >= 11 is 0.